The summed E-state index contributed by atoms with van der Waals surface area (Å²) < 4.78 is 69.2. The van der Waals surface area contributed by atoms with E-state index >= 15 is 0 Å². The van der Waals surface area contributed by atoms with E-state index in [4.69, 9.17) is 0 Å². The minimum absolute atomic E-state index is 0.0809. The first kappa shape index (κ1) is 22.7. The number of alkyl halides is 5. The predicted molar refractivity (Wildman–Crippen MR) is 115 cm³/mol. The van der Waals surface area contributed by atoms with Crippen LogP contribution in [0.5, 0.6) is 0 Å². The standard InChI is InChI=1S/C21H18F5N7S/c1-3-34-16-7-13(33-10-15(30-31-33)11-4-5-11)9-27-17(16)19-29-14-6-12(8-28-18(14)32(19)2)20(22,23)21(24,25)26/h6-11H,3-5H2,1-2H3. The monoisotopic (exact) mass is 495 g/mol. The number of hydrogen-bond donors (Lipinski definition) is 0. The minimum Gasteiger partial charge on any atom is -0.310 e. The second-order valence-electron chi connectivity index (χ2n) is 7.97. The Morgan fingerprint density at radius 3 is 2.53 bits per heavy atom. The van der Waals surface area contributed by atoms with Crippen molar-refractivity contribution in [2.24, 2.45) is 7.05 Å². The van der Waals surface area contributed by atoms with E-state index < -0.39 is 17.7 Å². The SMILES string of the molecule is CCSc1cc(-n2cc(C3CC3)nn2)cnc1-c1nc2cc(C(F)(F)C(F)(F)F)cnc2n1C. The highest BCUT2D eigenvalue weighted by Crippen LogP contribution is 2.44. The van der Waals surface area contributed by atoms with Crippen LogP contribution in [0.1, 0.15) is 36.9 Å². The summed E-state index contributed by atoms with van der Waals surface area (Å²) in [7, 11) is 1.61. The molecule has 13 heteroatoms. The molecule has 7 nitrogen and oxygen atoms in total. The largest absolute Gasteiger partial charge is 0.458 e. The maximum Gasteiger partial charge on any atom is 0.458 e. The second kappa shape index (κ2) is 8.00. The molecular formula is C21H18F5N7S. The lowest BCUT2D eigenvalue weighted by Crippen LogP contribution is -2.33. The molecule has 5 rings (SSSR count). The van der Waals surface area contributed by atoms with Crippen LogP contribution in [0, 0.1) is 0 Å². The summed E-state index contributed by atoms with van der Waals surface area (Å²) in [6.45, 7) is 1.96. The first-order valence-corrected chi connectivity index (χ1v) is 11.4. The van der Waals surface area contributed by atoms with Crippen LogP contribution >= 0.6 is 11.8 Å². The molecule has 0 aliphatic heterocycles. The Kier molecular flexibility index (Phi) is 5.34. The van der Waals surface area contributed by atoms with Gasteiger partial charge in [-0.2, -0.15) is 22.0 Å². The third-order valence-electron chi connectivity index (χ3n) is 5.55. The highest BCUT2D eigenvalue weighted by Gasteiger charge is 2.59. The van der Waals surface area contributed by atoms with Crippen molar-refractivity contribution >= 4 is 22.9 Å². The third kappa shape index (κ3) is 3.81. The molecule has 1 aliphatic rings. The van der Waals surface area contributed by atoms with Crippen molar-refractivity contribution in [2.45, 2.75) is 42.7 Å². The Balaban J connectivity index is 1.57. The van der Waals surface area contributed by atoms with E-state index in [1.54, 1.807) is 17.9 Å². The molecule has 4 heterocycles. The second-order valence-corrected chi connectivity index (χ2v) is 9.27. The fraction of sp³-hybridized carbons (Fsp3) is 0.381. The fourth-order valence-corrected chi connectivity index (χ4v) is 4.38. The van der Waals surface area contributed by atoms with Crippen molar-refractivity contribution < 1.29 is 22.0 Å². The lowest BCUT2D eigenvalue weighted by atomic mass is 10.1. The molecule has 1 saturated carbocycles. The van der Waals surface area contributed by atoms with Gasteiger partial charge in [-0.15, -0.1) is 16.9 Å². The highest BCUT2D eigenvalue weighted by molar-refractivity contribution is 7.99. The van der Waals surface area contributed by atoms with Crippen LogP contribution in [-0.4, -0.2) is 46.4 Å². The van der Waals surface area contributed by atoms with Gasteiger partial charge in [0, 0.05) is 24.1 Å². The van der Waals surface area contributed by atoms with Gasteiger partial charge in [-0.25, -0.2) is 19.6 Å². The van der Waals surface area contributed by atoms with Gasteiger partial charge in [0.2, 0.25) is 0 Å². The summed E-state index contributed by atoms with van der Waals surface area (Å²) in [6.07, 6.45) is 0.464. The fourth-order valence-electron chi connectivity index (χ4n) is 3.59. The van der Waals surface area contributed by atoms with E-state index in [0.29, 0.717) is 35.1 Å². The van der Waals surface area contributed by atoms with Crippen LogP contribution in [-0.2, 0) is 13.0 Å². The summed E-state index contributed by atoms with van der Waals surface area (Å²) in [4.78, 5) is 13.4. The van der Waals surface area contributed by atoms with E-state index in [9.17, 15) is 22.0 Å². The van der Waals surface area contributed by atoms with E-state index in [0.717, 1.165) is 29.5 Å². The predicted octanol–water partition coefficient (Wildman–Crippen LogP) is 5.25. The zero-order valence-corrected chi connectivity index (χ0v) is 18.8. The molecule has 34 heavy (non-hydrogen) atoms. The number of rotatable bonds is 6. The Morgan fingerprint density at radius 2 is 1.85 bits per heavy atom. The molecule has 0 aromatic carbocycles. The van der Waals surface area contributed by atoms with Crippen molar-refractivity contribution in [1.29, 1.82) is 0 Å². The first-order valence-electron chi connectivity index (χ1n) is 10.4. The lowest BCUT2D eigenvalue weighted by Gasteiger charge is -2.19. The lowest BCUT2D eigenvalue weighted by molar-refractivity contribution is -0.289. The summed E-state index contributed by atoms with van der Waals surface area (Å²) in [5.74, 6) is -3.57. The van der Waals surface area contributed by atoms with Crippen LogP contribution in [0.2, 0.25) is 0 Å². The smallest absolute Gasteiger partial charge is 0.310 e. The Bertz CT molecular complexity index is 1370. The van der Waals surface area contributed by atoms with Crippen molar-refractivity contribution in [2.75, 3.05) is 5.75 Å². The Labute approximate surface area is 194 Å². The molecule has 0 atom stereocenters. The van der Waals surface area contributed by atoms with Crippen LogP contribution in [0.4, 0.5) is 22.0 Å². The number of pyridine rings is 2. The number of aromatic nitrogens is 7. The summed E-state index contributed by atoms with van der Waals surface area (Å²) in [5.41, 5.74) is 0.914. The van der Waals surface area contributed by atoms with Gasteiger partial charge in [0.1, 0.15) is 11.2 Å². The average Bonchev–Trinajstić information content (AvgIpc) is 3.43. The van der Waals surface area contributed by atoms with Gasteiger partial charge in [-0.05, 0) is 30.7 Å². The van der Waals surface area contributed by atoms with E-state index in [1.165, 1.54) is 16.3 Å². The van der Waals surface area contributed by atoms with E-state index in [1.807, 2.05) is 19.2 Å². The number of halogens is 5. The van der Waals surface area contributed by atoms with Gasteiger partial charge in [0.05, 0.1) is 29.3 Å². The Morgan fingerprint density at radius 1 is 1.09 bits per heavy atom. The van der Waals surface area contributed by atoms with Gasteiger partial charge in [0.25, 0.3) is 0 Å². The van der Waals surface area contributed by atoms with Crippen molar-refractivity contribution in [3.8, 4) is 17.2 Å². The molecule has 1 aliphatic carbocycles. The molecule has 4 aromatic heterocycles. The molecule has 0 bridgehead atoms. The molecule has 178 valence electrons. The van der Waals surface area contributed by atoms with Gasteiger partial charge in [-0.1, -0.05) is 12.1 Å². The van der Waals surface area contributed by atoms with Crippen molar-refractivity contribution in [3.63, 3.8) is 0 Å². The third-order valence-corrected chi connectivity index (χ3v) is 6.46. The molecule has 0 unspecified atom stereocenters. The molecule has 0 spiro atoms. The zero-order chi connectivity index (χ0) is 24.3. The molecule has 4 aromatic rings. The van der Waals surface area contributed by atoms with Crippen molar-refractivity contribution in [1.82, 2.24) is 34.5 Å². The van der Waals surface area contributed by atoms with Gasteiger partial charge in [-0.3, -0.25) is 0 Å². The normalized spacial score (nSPS) is 14.8. The van der Waals surface area contributed by atoms with Crippen molar-refractivity contribution in [3.05, 3.63) is 42.0 Å². The summed E-state index contributed by atoms with van der Waals surface area (Å²) >= 11 is 1.49. The highest BCUT2D eigenvalue weighted by atomic mass is 32.2. The number of aryl methyl sites for hydroxylation is 1. The number of imidazole rings is 1. The number of thioether (sulfide) groups is 1. The molecule has 0 saturated heterocycles. The Hall–Kier alpha value is -3.09. The van der Waals surface area contributed by atoms with Crippen LogP contribution < -0.4 is 0 Å². The molecule has 1 fully saturated rings. The number of nitrogens with zero attached hydrogens (tertiary/aromatic N) is 7. The molecule has 0 radical (unpaired) electrons. The topological polar surface area (TPSA) is 74.3 Å². The molecule has 0 amide bonds. The van der Waals surface area contributed by atoms with E-state index in [-0.39, 0.29) is 11.2 Å². The summed E-state index contributed by atoms with van der Waals surface area (Å²) in [6, 6.07) is 2.59. The maximum absolute atomic E-state index is 13.8. The maximum atomic E-state index is 13.8. The van der Waals surface area contributed by atoms with Crippen LogP contribution in [0.3, 0.4) is 0 Å². The quantitative estimate of drug-likeness (QED) is 0.269. The van der Waals surface area contributed by atoms with Crippen LogP contribution in [0.25, 0.3) is 28.4 Å². The number of fused-ring (bicyclic) bond motifs is 1. The molecular weight excluding hydrogens is 477 g/mol. The van der Waals surface area contributed by atoms with Crippen LogP contribution in [0.15, 0.2) is 35.6 Å². The zero-order valence-electron chi connectivity index (χ0n) is 18.0. The van der Waals surface area contributed by atoms with Gasteiger partial charge in [0.15, 0.2) is 11.5 Å². The van der Waals surface area contributed by atoms with Gasteiger partial charge >= 0.3 is 12.1 Å². The van der Waals surface area contributed by atoms with Gasteiger partial charge < -0.3 is 4.57 Å². The molecule has 0 N–H and O–H groups in total. The van der Waals surface area contributed by atoms with E-state index in [2.05, 4.69) is 25.3 Å². The first-order chi connectivity index (χ1) is 16.1. The average molecular weight is 495 g/mol. The minimum atomic E-state index is -5.73. The number of hydrogen-bond acceptors (Lipinski definition) is 6. The summed E-state index contributed by atoms with van der Waals surface area (Å²) in [5, 5.41) is 8.39.